The maximum Gasteiger partial charge on any atom is 0.154 e. The van der Waals surface area contributed by atoms with Crippen LogP contribution in [-0.2, 0) is 0 Å². The van der Waals surface area contributed by atoms with Gasteiger partial charge in [-0.2, -0.15) is 0 Å². The Bertz CT molecular complexity index is 3290. The van der Waals surface area contributed by atoms with Crippen LogP contribution in [0.4, 0.5) is 45.5 Å². The summed E-state index contributed by atoms with van der Waals surface area (Å²) in [5.74, 6) is 0. The number of rotatable bonds is 10. The number of furan rings is 1. The van der Waals surface area contributed by atoms with Gasteiger partial charge in [-0.05, 0) is 95.0 Å². The normalized spacial score (nSPS) is 11.4. The Hall–Kier alpha value is -7.44. The van der Waals surface area contributed by atoms with E-state index in [1.54, 1.807) is 11.8 Å². The topological polar surface area (TPSA) is 31.7 Å². The summed E-state index contributed by atoms with van der Waals surface area (Å²) in [6.07, 6.45) is 0. The fourth-order valence-electron chi connectivity index (χ4n) is 8.48. The Morgan fingerprint density at radius 2 is 0.887 bits per heavy atom. The molecular formula is C56H38ClN3OS. The summed E-state index contributed by atoms with van der Waals surface area (Å²) in [6, 6.07) is 78.8. The van der Waals surface area contributed by atoms with Gasteiger partial charge in [0.05, 0.1) is 31.9 Å². The van der Waals surface area contributed by atoms with E-state index in [9.17, 15) is 0 Å². The number of anilines is 8. The van der Waals surface area contributed by atoms with Crippen molar-refractivity contribution < 1.29 is 4.42 Å². The molecule has 1 N–H and O–H groups in total. The summed E-state index contributed by atoms with van der Waals surface area (Å²) in [7, 11) is 0. The molecule has 10 aromatic carbocycles. The van der Waals surface area contributed by atoms with Gasteiger partial charge in [-0.25, -0.2) is 0 Å². The van der Waals surface area contributed by atoms with Crippen LogP contribution in [0.15, 0.2) is 239 Å². The molecule has 0 bridgehead atoms. The van der Waals surface area contributed by atoms with Gasteiger partial charge in [0.15, 0.2) is 5.58 Å². The van der Waals surface area contributed by atoms with E-state index in [0.717, 1.165) is 93.2 Å². The van der Waals surface area contributed by atoms with Crippen molar-refractivity contribution >= 4 is 112 Å². The molecule has 0 atom stereocenters. The van der Waals surface area contributed by atoms with Crippen LogP contribution in [0.25, 0.3) is 43.5 Å². The van der Waals surface area contributed by atoms with Crippen molar-refractivity contribution in [3.05, 3.63) is 229 Å². The van der Waals surface area contributed by atoms with Gasteiger partial charge in [0, 0.05) is 44.6 Å². The molecule has 1 heterocycles. The third-order valence-electron chi connectivity index (χ3n) is 11.3. The number of hydrogen-bond donors (Lipinski definition) is 1. The van der Waals surface area contributed by atoms with Crippen LogP contribution in [0.2, 0.25) is 5.02 Å². The van der Waals surface area contributed by atoms with Crippen molar-refractivity contribution in [2.24, 2.45) is 0 Å². The Kier molecular flexibility index (Phi) is 9.81. The first kappa shape index (κ1) is 37.6. The minimum atomic E-state index is 0.586. The van der Waals surface area contributed by atoms with Crippen molar-refractivity contribution in [2.75, 3.05) is 15.1 Å². The molecule has 11 rings (SSSR count). The Balaban J connectivity index is 1.26. The van der Waals surface area contributed by atoms with E-state index in [2.05, 4.69) is 227 Å². The van der Waals surface area contributed by atoms with Crippen molar-refractivity contribution in [2.45, 2.75) is 9.79 Å². The fraction of sp³-hybridized carbons (Fsp3) is 0. The van der Waals surface area contributed by atoms with Gasteiger partial charge >= 0.3 is 0 Å². The lowest BCUT2D eigenvalue weighted by molar-refractivity contribution is 0.662. The molecule has 0 saturated heterocycles. The number of hydrogen-bond acceptors (Lipinski definition) is 5. The second kappa shape index (κ2) is 16.2. The van der Waals surface area contributed by atoms with E-state index in [0.29, 0.717) is 10.6 Å². The highest BCUT2D eigenvalue weighted by Gasteiger charge is 2.27. The zero-order valence-corrected chi connectivity index (χ0v) is 35.0. The molecule has 6 heteroatoms. The third-order valence-corrected chi connectivity index (χ3v) is 12.8. The smallest absolute Gasteiger partial charge is 0.154 e. The van der Waals surface area contributed by atoms with Gasteiger partial charge in [-0.3, -0.25) is 0 Å². The van der Waals surface area contributed by atoms with E-state index in [4.69, 9.17) is 16.0 Å². The first-order valence-corrected chi connectivity index (χ1v) is 21.8. The van der Waals surface area contributed by atoms with Crippen molar-refractivity contribution in [1.82, 2.24) is 0 Å². The number of nitrogens with zero attached hydrogens (tertiary/aromatic N) is 2. The lowest BCUT2D eigenvalue weighted by Crippen LogP contribution is -2.15. The van der Waals surface area contributed by atoms with Crippen LogP contribution in [0, 0.1) is 0 Å². The number of halogens is 1. The van der Waals surface area contributed by atoms with Gasteiger partial charge in [-0.15, -0.1) is 0 Å². The van der Waals surface area contributed by atoms with Crippen molar-refractivity contribution in [1.29, 1.82) is 0 Å². The Labute approximate surface area is 369 Å². The lowest BCUT2D eigenvalue weighted by atomic mass is 10.1. The van der Waals surface area contributed by atoms with Crippen LogP contribution in [-0.4, -0.2) is 0 Å². The highest BCUT2D eigenvalue weighted by atomic mass is 35.5. The Morgan fingerprint density at radius 3 is 1.53 bits per heavy atom. The molecule has 0 fully saturated rings. The molecule has 1 aromatic heterocycles. The lowest BCUT2D eigenvalue weighted by Gasteiger charge is -2.32. The average Bonchev–Trinajstić information content (AvgIpc) is 3.71. The molecule has 62 heavy (non-hydrogen) atoms. The standard InChI is InChI=1S/C56H38ClN3OS/c57-49-33-18-32-47-48-35-39-20-14-16-31-46(39)55(54(48)61-53(47)49)62-56-51(58-50-34-17-21-38-19-13-15-30-45(38)50)36-44(59(40-22-5-1-6-23-40)41-24-7-2-8-25-41)37-52(56)60(42-26-9-3-10-27-42)43-28-11-4-12-29-43/h1-37,58H. The summed E-state index contributed by atoms with van der Waals surface area (Å²) in [6.45, 7) is 0. The summed E-state index contributed by atoms with van der Waals surface area (Å²) >= 11 is 8.58. The predicted molar refractivity (Wildman–Crippen MR) is 263 cm³/mol. The second-order valence-electron chi connectivity index (χ2n) is 15.1. The molecule has 0 spiro atoms. The van der Waals surface area contributed by atoms with Gasteiger partial charge < -0.3 is 19.5 Å². The molecule has 0 amide bonds. The maximum absolute atomic E-state index is 6.86. The number of nitrogens with one attached hydrogen (secondary N) is 1. The summed E-state index contributed by atoms with van der Waals surface area (Å²) < 4.78 is 6.86. The third kappa shape index (κ3) is 6.88. The fourth-order valence-corrected chi connectivity index (χ4v) is 9.92. The van der Waals surface area contributed by atoms with Crippen LogP contribution >= 0.6 is 23.4 Å². The van der Waals surface area contributed by atoms with Crippen LogP contribution in [0.5, 0.6) is 0 Å². The molecule has 4 nitrogen and oxygen atoms in total. The largest absolute Gasteiger partial charge is 0.453 e. The van der Waals surface area contributed by atoms with Gasteiger partial charge in [-0.1, -0.05) is 169 Å². The molecule has 11 aromatic rings. The minimum Gasteiger partial charge on any atom is -0.453 e. The summed E-state index contributed by atoms with van der Waals surface area (Å²) in [5.41, 5.74) is 9.53. The number of fused-ring (bicyclic) bond motifs is 5. The zero-order valence-electron chi connectivity index (χ0n) is 33.5. The molecule has 0 radical (unpaired) electrons. The van der Waals surface area contributed by atoms with E-state index in [1.807, 2.05) is 12.1 Å². The molecule has 0 aliphatic carbocycles. The number of para-hydroxylation sites is 5. The predicted octanol–water partition coefficient (Wildman–Crippen LogP) is 17.4. The molecule has 0 aliphatic rings. The molecule has 0 unspecified atom stereocenters. The molecule has 296 valence electrons. The highest BCUT2D eigenvalue weighted by molar-refractivity contribution is 8.00. The first-order valence-electron chi connectivity index (χ1n) is 20.6. The van der Waals surface area contributed by atoms with Crippen LogP contribution < -0.4 is 15.1 Å². The van der Waals surface area contributed by atoms with E-state index < -0.39 is 0 Å². The van der Waals surface area contributed by atoms with Crippen LogP contribution in [0.1, 0.15) is 0 Å². The van der Waals surface area contributed by atoms with Gasteiger partial charge in [0.2, 0.25) is 0 Å². The van der Waals surface area contributed by atoms with Crippen LogP contribution in [0.3, 0.4) is 0 Å². The highest BCUT2D eigenvalue weighted by Crippen LogP contribution is 2.53. The zero-order chi connectivity index (χ0) is 41.4. The van der Waals surface area contributed by atoms with Gasteiger partial charge in [0.25, 0.3) is 0 Å². The van der Waals surface area contributed by atoms with Crippen molar-refractivity contribution in [3.63, 3.8) is 0 Å². The second-order valence-corrected chi connectivity index (χ2v) is 16.6. The molecule has 0 aliphatic heterocycles. The van der Waals surface area contributed by atoms with E-state index >= 15 is 0 Å². The maximum atomic E-state index is 6.86. The quantitative estimate of drug-likeness (QED) is 0.148. The summed E-state index contributed by atoms with van der Waals surface area (Å²) in [4.78, 5) is 6.72. The average molecular weight is 836 g/mol. The first-order chi connectivity index (χ1) is 30.7. The molecule has 0 saturated carbocycles. The van der Waals surface area contributed by atoms with E-state index in [-0.39, 0.29) is 0 Å². The minimum absolute atomic E-state index is 0.586. The SMILES string of the molecule is Clc1cccc2c1oc1c(Sc3c(Nc4cccc5ccccc45)cc(N(c4ccccc4)c4ccccc4)cc3N(c3ccccc3)c3ccccc3)c3ccccc3cc12. The molecular weight excluding hydrogens is 798 g/mol. The van der Waals surface area contributed by atoms with E-state index in [1.165, 1.54) is 0 Å². The number of benzene rings is 10. The Morgan fingerprint density at radius 1 is 0.371 bits per heavy atom. The monoisotopic (exact) mass is 835 g/mol. The van der Waals surface area contributed by atoms with Crippen molar-refractivity contribution in [3.8, 4) is 0 Å². The summed E-state index contributed by atoms with van der Waals surface area (Å²) in [5, 5.41) is 11.1. The van der Waals surface area contributed by atoms with Gasteiger partial charge in [0.1, 0.15) is 5.58 Å².